The smallest absolute Gasteiger partial charge is 0.248 e. The monoisotopic (exact) mass is 317 g/mol. The first-order valence-corrected chi connectivity index (χ1v) is 7.72. The zero-order valence-corrected chi connectivity index (χ0v) is 13.7. The van der Waals surface area contributed by atoms with Gasteiger partial charge < -0.3 is 15.2 Å². The Morgan fingerprint density at radius 2 is 2.09 bits per heavy atom. The molecular formula is C17H23N3O3. The average Bonchev–Trinajstić information content (AvgIpc) is 2.55. The summed E-state index contributed by atoms with van der Waals surface area (Å²) in [5, 5.41) is 9.29. The Bertz CT molecular complexity index is 602. The fourth-order valence-electron chi connectivity index (χ4n) is 2.37. The molecule has 1 saturated heterocycles. The van der Waals surface area contributed by atoms with Crippen LogP contribution >= 0.6 is 0 Å². The zero-order valence-electron chi connectivity index (χ0n) is 13.7. The third-order valence-corrected chi connectivity index (χ3v) is 3.97. The van der Waals surface area contributed by atoms with E-state index in [2.05, 4.69) is 11.0 Å². The highest BCUT2D eigenvalue weighted by Gasteiger charge is 2.22. The number of rotatable bonds is 6. The van der Waals surface area contributed by atoms with Crippen LogP contribution in [-0.4, -0.2) is 50.3 Å². The molecule has 23 heavy (non-hydrogen) atoms. The van der Waals surface area contributed by atoms with E-state index in [1.165, 1.54) is 0 Å². The Labute approximate surface area is 136 Å². The van der Waals surface area contributed by atoms with E-state index < -0.39 is 11.3 Å². The fourth-order valence-corrected chi connectivity index (χ4v) is 2.37. The van der Waals surface area contributed by atoms with E-state index in [1.807, 2.05) is 0 Å². The van der Waals surface area contributed by atoms with Gasteiger partial charge in [0.25, 0.3) is 0 Å². The second kappa shape index (κ2) is 7.44. The Morgan fingerprint density at radius 3 is 2.70 bits per heavy atom. The molecule has 0 aromatic heterocycles. The molecule has 2 N–H and O–H groups in total. The average molecular weight is 317 g/mol. The van der Waals surface area contributed by atoms with E-state index in [1.54, 1.807) is 32.0 Å². The molecule has 0 saturated carbocycles. The predicted molar refractivity (Wildman–Crippen MR) is 86.4 cm³/mol. The summed E-state index contributed by atoms with van der Waals surface area (Å²) in [6, 6.07) is 7.31. The van der Waals surface area contributed by atoms with Crippen LogP contribution < -0.4 is 10.5 Å². The van der Waals surface area contributed by atoms with Crippen molar-refractivity contribution in [1.29, 1.82) is 5.26 Å². The van der Waals surface area contributed by atoms with Gasteiger partial charge in [0.2, 0.25) is 5.91 Å². The lowest BCUT2D eigenvalue weighted by molar-refractivity contribution is 0.0322. The van der Waals surface area contributed by atoms with Gasteiger partial charge in [0.15, 0.2) is 0 Å². The topological polar surface area (TPSA) is 88.6 Å². The first kappa shape index (κ1) is 17.3. The lowest BCUT2D eigenvalue weighted by atomic mass is 9.85. The lowest BCUT2D eigenvalue weighted by Crippen LogP contribution is -2.38. The third-order valence-electron chi connectivity index (χ3n) is 3.97. The molecule has 1 aliphatic heterocycles. The van der Waals surface area contributed by atoms with Gasteiger partial charge in [-0.2, -0.15) is 5.26 Å². The number of nitrogens with zero attached hydrogens (tertiary/aromatic N) is 2. The van der Waals surface area contributed by atoms with E-state index >= 15 is 0 Å². The molecule has 1 amide bonds. The Kier molecular flexibility index (Phi) is 5.59. The molecule has 0 unspecified atom stereocenters. The van der Waals surface area contributed by atoms with Crippen molar-refractivity contribution in [3.8, 4) is 11.8 Å². The number of hydrogen-bond donors (Lipinski definition) is 1. The molecule has 0 spiro atoms. The number of hydrogen-bond acceptors (Lipinski definition) is 5. The summed E-state index contributed by atoms with van der Waals surface area (Å²) in [4.78, 5) is 13.8. The maximum atomic E-state index is 11.5. The number of carbonyl (C=O) groups excluding carboxylic acids is 1. The molecule has 6 heteroatoms. The highest BCUT2D eigenvalue weighted by molar-refractivity contribution is 5.93. The molecule has 1 aromatic carbocycles. The van der Waals surface area contributed by atoms with Crippen molar-refractivity contribution in [3.05, 3.63) is 29.3 Å². The van der Waals surface area contributed by atoms with Gasteiger partial charge in [-0.15, -0.1) is 0 Å². The van der Waals surface area contributed by atoms with Gasteiger partial charge in [0.05, 0.1) is 24.7 Å². The van der Waals surface area contributed by atoms with Gasteiger partial charge in [-0.25, -0.2) is 0 Å². The molecule has 0 aliphatic carbocycles. The number of morpholine rings is 1. The van der Waals surface area contributed by atoms with Gasteiger partial charge in [-0.1, -0.05) is 0 Å². The van der Waals surface area contributed by atoms with Gasteiger partial charge in [-0.05, 0) is 37.6 Å². The third kappa shape index (κ3) is 4.68. The number of amides is 1. The second-order valence-electron chi connectivity index (χ2n) is 6.15. The highest BCUT2D eigenvalue weighted by atomic mass is 16.5. The van der Waals surface area contributed by atoms with Crippen molar-refractivity contribution in [3.63, 3.8) is 0 Å². The zero-order chi connectivity index (χ0) is 16.9. The number of nitrogens with two attached hydrogens (primary N) is 1. The maximum Gasteiger partial charge on any atom is 0.248 e. The molecule has 1 aliphatic rings. The molecular weight excluding hydrogens is 294 g/mol. The van der Waals surface area contributed by atoms with Crippen molar-refractivity contribution in [2.45, 2.75) is 19.3 Å². The number of primary amides is 1. The van der Waals surface area contributed by atoms with Crippen LogP contribution in [-0.2, 0) is 10.2 Å². The van der Waals surface area contributed by atoms with Crippen LogP contribution in [0.15, 0.2) is 18.2 Å². The Balaban J connectivity index is 2.08. The Morgan fingerprint density at radius 1 is 1.39 bits per heavy atom. The molecule has 1 heterocycles. The molecule has 1 fully saturated rings. The number of carbonyl (C=O) groups is 1. The lowest BCUT2D eigenvalue weighted by Gasteiger charge is -2.26. The quantitative estimate of drug-likeness (QED) is 0.854. The minimum Gasteiger partial charge on any atom is -0.492 e. The van der Waals surface area contributed by atoms with Crippen LogP contribution in [0.5, 0.6) is 5.75 Å². The minimum absolute atomic E-state index is 0.354. The highest BCUT2D eigenvalue weighted by Crippen LogP contribution is 2.27. The summed E-state index contributed by atoms with van der Waals surface area (Å²) in [6.45, 7) is 8.19. The van der Waals surface area contributed by atoms with E-state index in [-0.39, 0.29) is 0 Å². The van der Waals surface area contributed by atoms with E-state index in [4.69, 9.17) is 15.2 Å². The summed E-state index contributed by atoms with van der Waals surface area (Å²) in [6.07, 6.45) is 0. The molecule has 0 atom stereocenters. The van der Waals surface area contributed by atoms with Gasteiger partial charge in [0.1, 0.15) is 12.4 Å². The van der Waals surface area contributed by atoms with E-state index in [0.29, 0.717) is 17.9 Å². The first-order chi connectivity index (χ1) is 10.9. The number of nitriles is 1. The fraction of sp³-hybridized carbons (Fsp3) is 0.529. The van der Waals surface area contributed by atoms with E-state index in [9.17, 15) is 10.1 Å². The molecule has 0 radical (unpaired) electrons. The predicted octanol–water partition coefficient (Wildman–Crippen LogP) is 1.30. The van der Waals surface area contributed by atoms with Gasteiger partial charge in [0, 0.05) is 25.2 Å². The van der Waals surface area contributed by atoms with Crippen molar-refractivity contribution in [2.75, 3.05) is 39.5 Å². The van der Waals surface area contributed by atoms with Crippen LogP contribution in [0.1, 0.15) is 29.8 Å². The van der Waals surface area contributed by atoms with Crippen molar-refractivity contribution < 1.29 is 14.3 Å². The number of benzene rings is 1. The first-order valence-electron chi connectivity index (χ1n) is 7.72. The minimum atomic E-state index is -0.715. The summed E-state index contributed by atoms with van der Waals surface area (Å²) < 4.78 is 11.1. The largest absolute Gasteiger partial charge is 0.492 e. The second-order valence-corrected chi connectivity index (χ2v) is 6.15. The summed E-state index contributed by atoms with van der Waals surface area (Å²) in [5.41, 5.74) is 5.74. The Hall–Kier alpha value is -2.10. The van der Waals surface area contributed by atoms with Crippen molar-refractivity contribution in [1.82, 2.24) is 4.90 Å². The van der Waals surface area contributed by atoms with Crippen LogP contribution in [0.4, 0.5) is 0 Å². The molecule has 2 rings (SSSR count). The van der Waals surface area contributed by atoms with Crippen LogP contribution in [0.2, 0.25) is 0 Å². The SMILES string of the molecule is CC(C)(C#N)c1cc(OCCN2CCOCC2)cc(C(N)=O)c1. The summed E-state index contributed by atoms with van der Waals surface area (Å²) >= 11 is 0. The van der Waals surface area contributed by atoms with Crippen LogP contribution in [0.25, 0.3) is 0 Å². The number of ether oxygens (including phenoxy) is 2. The van der Waals surface area contributed by atoms with Gasteiger partial charge >= 0.3 is 0 Å². The standard InChI is InChI=1S/C17H23N3O3/c1-17(2,12-18)14-9-13(16(19)21)10-15(11-14)23-8-5-20-3-6-22-7-4-20/h9-11H,3-8H2,1-2H3,(H2,19,21). The molecule has 6 nitrogen and oxygen atoms in total. The molecule has 1 aromatic rings. The van der Waals surface area contributed by atoms with E-state index in [0.717, 1.165) is 38.4 Å². The van der Waals surface area contributed by atoms with Crippen LogP contribution in [0.3, 0.4) is 0 Å². The summed E-state index contributed by atoms with van der Waals surface area (Å²) in [5.74, 6) is 0.0338. The van der Waals surface area contributed by atoms with Crippen molar-refractivity contribution >= 4 is 5.91 Å². The normalized spacial score (nSPS) is 15.9. The summed E-state index contributed by atoms with van der Waals surface area (Å²) in [7, 11) is 0. The molecule has 0 bridgehead atoms. The van der Waals surface area contributed by atoms with Gasteiger partial charge in [-0.3, -0.25) is 9.69 Å². The maximum absolute atomic E-state index is 11.5. The van der Waals surface area contributed by atoms with Crippen LogP contribution in [0, 0.1) is 11.3 Å². The molecule has 124 valence electrons. The van der Waals surface area contributed by atoms with Crippen molar-refractivity contribution in [2.24, 2.45) is 5.73 Å².